The Kier molecular flexibility index (Phi) is 8.14. The molecule has 2 amide bonds. The third kappa shape index (κ3) is 5.98. The van der Waals surface area contributed by atoms with Gasteiger partial charge in [-0.1, -0.05) is 31.9 Å². The van der Waals surface area contributed by atoms with Crippen LogP contribution in [0.5, 0.6) is 5.75 Å². The van der Waals surface area contributed by atoms with Crippen LogP contribution in [0.2, 0.25) is 0 Å². The van der Waals surface area contributed by atoms with Crippen molar-refractivity contribution in [3.05, 3.63) is 29.3 Å². The van der Waals surface area contributed by atoms with Crippen molar-refractivity contribution in [3.8, 4) is 5.75 Å². The first-order valence-electron chi connectivity index (χ1n) is 10.2. The van der Waals surface area contributed by atoms with Crippen LogP contribution >= 0.6 is 0 Å². The SMILES string of the molecule is CCCCCNC(=O)C1CCN(C(=O)[C@@H](C)Oc2cccc(C)c2C)CC1. The molecule has 1 aliphatic heterocycles. The fourth-order valence-corrected chi connectivity index (χ4v) is 3.44. The van der Waals surface area contributed by atoms with Gasteiger partial charge in [0.05, 0.1) is 0 Å². The standard InChI is InChI=1S/C22H34N2O3/c1-5-6-7-13-23-21(25)19-11-14-24(15-12-19)22(26)18(4)27-20-10-8-9-16(2)17(20)3/h8-10,18-19H,5-7,11-15H2,1-4H3,(H,23,25)/t18-/m1/s1. The molecular weight excluding hydrogens is 340 g/mol. The van der Waals surface area contributed by atoms with Crippen LogP contribution in [0.1, 0.15) is 57.1 Å². The topological polar surface area (TPSA) is 58.6 Å². The van der Waals surface area contributed by atoms with Gasteiger partial charge in [-0.05, 0) is 57.2 Å². The summed E-state index contributed by atoms with van der Waals surface area (Å²) in [5.74, 6) is 0.915. The predicted octanol–water partition coefficient (Wildman–Crippen LogP) is 3.62. The molecular formula is C22H34N2O3. The molecule has 150 valence electrons. The number of aryl methyl sites for hydroxylation is 1. The van der Waals surface area contributed by atoms with Crippen molar-refractivity contribution in [2.75, 3.05) is 19.6 Å². The van der Waals surface area contributed by atoms with Crippen molar-refractivity contribution < 1.29 is 14.3 Å². The lowest BCUT2D eigenvalue weighted by molar-refractivity contribution is -0.141. The van der Waals surface area contributed by atoms with E-state index in [-0.39, 0.29) is 17.7 Å². The maximum absolute atomic E-state index is 12.7. The highest BCUT2D eigenvalue weighted by atomic mass is 16.5. The smallest absolute Gasteiger partial charge is 0.263 e. The number of carbonyl (C=O) groups excluding carboxylic acids is 2. The minimum Gasteiger partial charge on any atom is -0.481 e. The summed E-state index contributed by atoms with van der Waals surface area (Å²) in [6, 6.07) is 5.88. The summed E-state index contributed by atoms with van der Waals surface area (Å²) in [5, 5.41) is 3.03. The molecule has 0 radical (unpaired) electrons. The molecule has 1 aromatic rings. The number of rotatable bonds is 8. The van der Waals surface area contributed by atoms with Gasteiger partial charge in [0.25, 0.3) is 5.91 Å². The van der Waals surface area contributed by atoms with Gasteiger partial charge in [0, 0.05) is 25.6 Å². The van der Waals surface area contributed by atoms with Crippen LogP contribution in [-0.2, 0) is 9.59 Å². The molecule has 1 aromatic carbocycles. The summed E-state index contributed by atoms with van der Waals surface area (Å²) in [7, 11) is 0. The molecule has 1 saturated heterocycles. The summed E-state index contributed by atoms with van der Waals surface area (Å²) in [4.78, 5) is 26.8. The molecule has 1 N–H and O–H groups in total. The van der Waals surface area contributed by atoms with Crippen molar-refractivity contribution in [2.45, 2.75) is 65.9 Å². The Balaban J connectivity index is 1.80. The van der Waals surface area contributed by atoms with E-state index in [0.29, 0.717) is 13.1 Å². The molecule has 27 heavy (non-hydrogen) atoms. The molecule has 0 saturated carbocycles. The Morgan fingerprint density at radius 2 is 1.93 bits per heavy atom. The molecule has 0 unspecified atom stereocenters. The first kappa shape index (κ1) is 21.3. The number of carbonyl (C=O) groups is 2. The average molecular weight is 375 g/mol. The van der Waals surface area contributed by atoms with Crippen molar-refractivity contribution in [1.82, 2.24) is 10.2 Å². The summed E-state index contributed by atoms with van der Waals surface area (Å²) >= 11 is 0. The van der Waals surface area contributed by atoms with Gasteiger partial charge in [-0.3, -0.25) is 9.59 Å². The van der Waals surface area contributed by atoms with Crippen LogP contribution in [0.3, 0.4) is 0 Å². The number of nitrogens with one attached hydrogen (secondary N) is 1. The van der Waals surface area contributed by atoms with Gasteiger partial charge in [0.1, 0.15) is 5.75 Å². The van der Waals surface area contributed by atoms with Crippen LogP contribution < -0.4 is 10.1 Å². The van der Waals surface area contributed by atoms with E-state index in [1.165, 1.54) is 0 Å². The van der Waals surface area contributed by atoms with Crippen LogP contribution in [0.25, 0.3) is 0 Å². The summed E-state index contributed by atoms with van der Waals surface area (Å²) in [6.07, 6.45) is 4.25. The van der Waals surface area contributed by atoms with Crippen LogP contribution in [0.15, 0.2) is 18.2 Å². The maximum Gasteiger partial charge on any atom is 0.263 e. The number of hydrogen-bond acceptors (Lipinski definition) is 3. The second-order valence-electron chi connectivity index (χ2n) is 7.56. The minimum absolute atomic E-state index is 0.00212. The van der Waals surface area contributed by atoms with Crippen molar-refractivity contribution in [3.63, 3.8) is 0 Å². The summed E-state index contributed by atoms with van der Waals surface area (Å²) in [5.41, 5.74) is 2.22. The third-order valence-corrected chi connectivity index (χ3v) is 5.46. The van der Waals surface area contributed by atoms with Gasteiger partial charge in [0.15, 0.2) is 6.10 Å². The molecule has 1 fully saturated rings. The van der Waals surface area contributed by atoms with Crippen LogP contribution in [0, 0.1) is 19.8 Å². The Hall–Kier alpha value is -2.04. The van der Waals surface area contributed by atoms with E-state index in [4.69, 9.17) is 4.74 Å². The minimum atomic E-state index is -0.523. The number of unbranched alkanes of at least 4 members (excludes halogenated alkanes) is 2. The average Bonchev–Trinajstić information content (AvgIpc) is 2.68. The lowest BCUT2D eigenvalue weighted by Crippen LogP contribution is -2.47. The Bertz CT molecular complexity index is 636. The van der Waals surface area contributed by atoms with Gasteiger partial charge in [-0.2, -0.15) is 0 Å². The maximum atomic E-state index is 12.7. The number of hydrogen-bond donors (Lipinski definition) is 1. The molecule has 1 aliphatic rings. The Morgan fingerprint density at radius 1 is 1.22 bits per heavy atom. The van der Waals surface area contributed by atoms with E-state index in [0.717, 1.165) is 55.5 Å². The molecule has 5 nitrogen and oxygen atoms in total. The summed E-state index contributed by atoms with van der Waals surface area (Å²) in [6.45, 7) is 9.99. The number of likely N-dealkylation sites (tertiary alicyclic amines) is 1. The Morgan fingerprint density at radius 3 is 2.59 bits per heavy atom. The molecule has 2 rings (SSSR count). The molecule has 1 heterocycles. The van der Waals surface area contributed by atoms with E-state index in [1.807, 2.05) is 36.9 Å². The third-order valence-electron chi connectivity index (χ3n) is 5.46. The normalized spacial score (nSPS) is 16.1. The first-order chi connectivity index (χ1) is 12.9. The highest BCUT2D eigenvalue weighted by Crippen LogP contribution is 2.23. The van der Waals surface area contributed by atoms with Gasteiger partial charge in [-0.15, -0.1) is 0 Å². The number of ether oxygens (including phenoxy) is 1. The number of benzene rings is 1. The van der Waals surface area contributed by atoms with Gasteiger partial charge in [-0.25, -0.2) is 0 Å². The lowest BCUT2D eigenvalue weighted by Gasteiger charge is -2.33. The van der Waals surface area contributed by atoms with E-state index >= 15 is 0 Å². The monoisotopic (exact) mass is 374 g/mol. The van der Waals surface area contributed by atoms with E-state index in [9.17, 15) is 9.59 Å². The van der Waals surface area contributed by atoms with Gasteiger partial charge in [0.2, 0.25) is 5.91 Å². The fraction of sp³-hybridized carbons (Fsp3) is 0.636. The van der Waals surface area contributed by atoms with Crippen molar-refractivity contribution in [2.24, 2.45) is 5.92 Å². The highest BCUT2D eigenvalue weighted by Gasteiger charge is 2.30. The zero-order valence-corrected chi connectivity index (χ0v) is 17.2. The Labute approximate surface area is 163 Å². The lowest BCUT2D eigenvalue weighted by atomic mass is 9.95. The van der Waals surface area contributed by atoms with Gasteiger partial charge < -0.3 is 15.0 Å². The summed E-state index contributed by atoms with van der Waals surface area (Å²) < 4.78 is 5.92. The molecule has 0 aliphatic carbocycles. The van der Waals surface area contributed by atoms with Crippen LogP contribution in [0.4, 0.5) is 0 Å². The van der Waals surface area contributed by atoms with E-state index in [1.54, 1.807) is 6.92 Å². The molecule has 5 heteroatoms. The number of piperidine rings is 1. The van der Waals surface area contributed by atoms with Gasteiger partial charge >= 0.3 is 0 Å². The zero-order valence-electron chi connectivity index (χ0n) is 17.2. The molecule has 0 aromatic heterocycles. The molecule has 0 spiro atoms. The van der Waals surface area contributed by atoms with E-state index in [2.05, 4.69) is 12.2 Å². The largest absolute Gasteiger partial charge is 0.481 e. The number of amides is 2. The second kappa shape index (κ2) is 10.3. The zero-order chi connectivity index (χ0) is 19.8. The van der Waals surface area contributed by atoms with Crippen LogP contribution in [-0.4, -0.2) is 42.5 Å². The second-order valence-corrected chi connectivity index (χ2v) is 7.56. The van der Waals surface area contributed by atoms with Crippen molar-refractivity contribution >= 4 is 11.8 Å². The fourth-order valence-electron chi connectivity index (χ4n) is 3.44. The molecule has 0 bridgehead atoms. The van der Waals surface area contributed by atoms with E-state index < -0.39 is 6.10 Å². The van der Waals surface area contributed by atoms with Crippen molar-refractivity contribution in [1.29, 1.82) is 0 Å². The number of nitrogens with zero attached hydrogens (tertiary/aromatic N) is 1. The quantitative estimate of drug-likeness (QED) is 0.707. The first-order valence-corrected chi connectivity index (χ1v) is 10.2. The molecule has 1 atom stereocenters. The predicted molar refractivity (Wildman–Crippen MR) is 108 cm³/mol. The highest BCUT2D eigenvalue weighted by molar-refractivity contribution is 5.82.